The highest BCUT2D eigenvalue weighted by molar-refractivity contribution is 5.93. The fourth-order valence-electron chi connectivity index (χ4n) is 1.05. The molecule has 0 aliphatic heterocycles. The van der Waals surface area contributed by atoms with Gasteiger partial charge in [0.15, 0.2) is 0 Å². The number of amides is 1. The summed E-state index contributed by atoms with van der Waals surface area (Å²) in [5, 5.41) is 11.3. The molecule has 0 unspecified atom stereocenters. The molecule has 0 saturated carbocycles. The van der Waals surface area contributed by atoms with E-state index < -0.39 is 5.54 Å². The summed E-state index contributed by atoms with van der Waals surface area (Å²) >= 11 is 0. The molecule has 1 heterocycles. The Morgan fingerprint density at radius 2 is 2.20 bits per heavy atom. The van der Waals surface area contributed by atoms with Gasteiger partial charge in [-0.3, -0.25) is 4.79 Å². The minimum atomic E-state index is -0.873. The third-order valence-electron chi connectivity index (χ3n) is 1.83. The van der Waals surface area contributed by atoms with E-state index in [1.54, 1.807) is 26.0 Å². The number of pyridine rings is 1. The van der Waals surface area contributed by atoms with Gasteiger partial charge in [-0.05, 0) is 32.9 Å². The van der Waals surface area contributed by atoms with Crippen molar-refractivity contribution in [1.29, 1.82) is 5.26 Å². The molecule has 0 aliphatic carbocycles. The molecule has 0 aliphatic rings. The van der Waals surface area contributed by atoms with E-state index in [2.05, 4.69) is 10.3 Å². The lowest BCUT2D eigenvalue weighted by atomic mass is 10.1. The molecule has 0 bridgehead atoms. The predicted octanol–water partition coefficient (Wildman–Crippen LogP) is 1.42. The monoisotopic (exact) mass is 203 g/mol. The zero-order valence-electron chi connectivity index (χ0n) is 9.03. The quantitative estimate of drug-likeness (QED) is 0.790. The number of carbonyl (C=O) groups excluding carboxylic acids is 1. The Hall–Kier alpha value is -1.89. The van der Waals surface area contributed by atoms with Gasteiger partial charge in [0, 0.05) is 5.69 Å². The number of nitrogens with one attached hydrogen (secondary N) is 1. The SMILES string of the molecule is Cc1cccc(C(=O)NC(C)(C)C#N)n1. The van der Waals surface area contributed by atoms with E-state index >= 15 is 0 Å². The van der Waals surface area contributed by atoms with Crippen LogP contribution in [0.25, 0.3) is 0 Å². The average Bonchev–Trinajstić information content (AvgIpc) is 2.17. The van der Waals surface area contributed by atoms with Crippen LogP contribution in [0.15, 0.2) is 18.2 Å². The third kappa shape index (κ3) is 3.06. The van der Waals surface area contributed by atoms with Gasteiger partial charge < -0.3 is 5.32 Å². The van der Waals surface area contributed by atoms with E-state index in [1.807, 2.05) is 19.1 Å². The number of aromatic nitrogens is 1. The number of aryl methyl sites for hydroxylation is 1. The van der Waals surface area contributed by atoms with Crippen molar-refractivity contribution in [3.63, 3.8) is 0 Å². The summed E-state index contributed by atoms with van der Waals surface area (Å²) in [4.78, 5) is 15.7. The number of rotatable bonds is 2. The van der Waals surface area contributed by atoms with Crippen molar-refractivity contribution in [2.75, 3.05) is 0 Å². The second-order valence-corrected chi connectivity index (χ2v) is 3.86. The van der Waals surface area contributed by atoms with Crippen LogP contribution in [0.4, 0.5) is 0 Å². The molecule has 1 N–H and O–H groups in total. The maximum atomic E-state index is 11.6. The Morgan fingerprint density at radius 1 is 1.53 bits per heavy atom. The van der Waals surface area contributed by atoms with Gasteiger partial charge in [-0.2, -0.15) is 5.26 Å². The largest absolute Gasteiger partial charge is 0.333 e. The normalized spacial score (nSPS) is 10.5. The van der Waals surface area contributed by atoms with Gasteiger partial charge in [0.25, 0.3) is 5.91 Å². The summed E-state index contributed by atoms with van der Waals surface area (Å²) in [7, 11) is 0. The first-order chi connectivity index (χ1) is 6.94. The maximum absolute atomic E-state index is 11.6. The van der Waals surface area contributed by atoms with Crippen LogP contribution < -0.4 is 5.32 Å². The number of carbonyl (C=O) groups is 1. The van der Waals surface area contributed by atoms with Gasteiger partial charge >= 0.3 is 0 Å². The molecule has 1 aromatic heterocycles. The van der Waals surface area contributed by atoms with Gasteiger partial charge in [-0.25, -0.2) is 4.98 Å². The number of hydrogen-bond acceptors (Lipinski definition) is 3. The molecule has 0 saturated heterocycles. The van der Waals surface area contributed by atoms with Crippen molar-refractivity contribution in [2.24, 2.45) is 0 Å². The summed E-state index contributed by atoms with van der Waals surface area (Å²) in [5.74, 6) is -0.328. The lowest BCUT2D eigenvalue weighted by Gasteiger charge is -2.16. The zero-order valence-corrected chi connectivity index (χ0v) is 9.03. The molecule has 0 aromatic carbocycles. The Balaban J connectivity index is 2.84. The van der Waals surface area contributed by atoms with Crippen LogP contribution in [-0.4, -0.2) is 16.4 Å². The molecule has 78 valence electrons. The van der Waals surface area contributed by atoms with E-state index in [0.717, 1.165) is 5.69 Å². The Morgan fingerprint density at radius 3 is 2.73 bits per heavy atom. The second-order valence-electron chi connectivity index (χ2n) is 3.86. The van der Waals surface area contributed by atoms with E-state index in [4.69, 9.17) is 5.26 Å². The van der Waals surface area contributed by atoms with Crippen molar-refractivity contribution >= 4 is 5.91 Å². The molecule has 4 heteroatoms. The lowest BCUT2D eigenvalue weighted by molar-refractivity contribution is 0.0924. The standard InChI is InChI=1S/C11H13N3O/c1-8-5-4-6-9(13-8)10(15)14-11(2,3)7-12/h4-6H,1-3H3,(H,14,15). The molecule has 15 heavy (non-hydrogen) atoms. The number of nitriles is 1. The zero-order chi connectivity index (χ0) is 11.5. The van der Waals surface area contributed by atoms with Gasteiger partial charge in [0.1, 0.15) is 11.2 Å². The molecule has 0 atom stereocenters. The summed E-state index contributed by atoms with van der Waals surface area (Å²) < 4.78 is 0. The molecule has 1 aromatic rings. The molecule has 1 rings (SSSR count). The van der Waals surface area contributed by atoms with Crippen LogP contribution in [0.3, 0.4) is 0 Å². The lowest BCUT2D eigenvalue weighted by Crippen LogP contribution is -2.42. The van der Waals surface area contributed by atoms with Crippen LogP contribution in [0, 0.1) is 18.3 Å². The van der Waals surface area contributed by atoms with Crippen LogP contribution in [0.1, 0.15) is 30.0 Å². The molecule has 4 nitrogen and oxygen atoms in total. The van der Waals surface area contributed by atoms with Crippen LogP contribution in [-0.2, 0) is 0 Å². The summed E-state index contributed by atoms with van der Waals surface area (Å²) in [6.07, 6.45) is 0. The van der Waals surface area contributed by atoms with Crippen molar-refractivity contribution in [3.8, 4) is 6.07 Å². The van der Waals surface area contributed by atoms with Crippen molar-refractivity contribution in [1.82, 2.24) is 10.3 Å². The average molecular weight is 203 g/mol. The Labute approximate surface area is 88.9 Å². The van der Waals surface area contributed by atoms with E-state index in [0.29, 0.717) is 5.69 Å². The molecular weight excluding hydrogens is 190 g/mol. The van der Waals surface area contributed by atoms with Gasteiger partial charge in [-0.1, -0.05) is 6.07 Å². The Kier molecular flexibility index (Phi) is 3.05. The van der Waals surface area contributed by atoms with Gasteiger partial charge in [0.2, 0.25) is 0 Å². The second kappa shape index (κ2) is 4.09. The smallest absolute Gasteiger partial charge is 0.271 e. The minimum absolute atomic E-state index is 0.328. The molecular formula is C11H13N3O. The van der Waals surface area contributed by atoms with Crippen molar-refractivity contribution < 1.29 is 4.79 Å². The van der Waals surface area contributed by atoms with Crippen LogP contribution in [0.2, 0.25) is 0 Å². The Bertz CT molecular complexity index is 418. The fourth-order valence-corrected chi connectivity index (χ4v) is 1.05. The molecule has 1 amide bonds. The topological polar surface area (TPSA) is 65.8 Å². The first-order valence-electron chi connectivity index (χ1n) is 4.62. The van der Waals surface area contributed by atoms with Gasteiger partial charge in [-0.15, -0.1) is 0 Å². The van der Waals surface area contributed by atoms with Crippen LogP contribution >= 0.6 is 0 Å². The van der Waals surface area contributed by atoms with E-state index in [9.17, 15) is 4.79 Å². The highest BCUT2D eigenvalue weighted by atomic mass is 16.2. The highest BCUT2D eigenvalue weighted by Crippen LogP contribution is 2.03. The number of hydrogen-bond donors (Lipinski definition) is 1. The minimum Gasteiger partial charge on any atom is -0.333 e. The fraction of sp³-hybridized carbons (Fsp3) is 0.364. The van der Waals surface area contributed by atoms with Crippen LogP contribution in [0.5, 0.6) is 0 Å². The first-order valence-corrected chi connectivity index (χ1v) is 4.62. The molecule has 0 fully saturated rings. The molecule has 0 spiro atoms. The van der Waals surface area contributed by atoms with Crippen molar-refractivity contribution in [2.45, 2.75) is 26.3 Å². The van der Waals surface area contributed by atoms with Gasteiger partial charge in [0.05, 0.1) is 6.07 Å². The summed E-state index contributed by atoms with van der Waals surface area (Å²) in [6.45, 7) is 5.09. The summed E-state index contributed by atoms with van der Waals surface area (Å²) in [6, 6.07) is 7.19. The highest BCUT2D eigenvalue weighted by Gasteiger charge is 2.20. The van der Waals surface area contributed by atoms with Crippen molar-refractivity contribution in [3.05, 3.63) is 29.6 Å². The summed E-state index contributed by atoms with van der Waals surface area (Å²) in [5.41, 5.74) is 0.235. The maximum Gasteiger partial charge on any atom is 0.271 e. The number of nitrogens with zero attached hydrogens (tertiary/aromatic N) is 2. The third-order valence-corrected chi connectivity index (χ3v) is 1.83. The van der Waals surface area contributed by atoms with E-state index in [-0.39, 0.29) is 5.91 Å². The van der Waals surface area contributed by atoms with E-state index in [1.165, 1.54) is 0 Å². The molecule has 0 radical (unpaired) electrons. The predicted molar refractivity (Wildman–Crippen MR) is 56.1 cm³/mol. The first kappa shape index (κ1) is 11.2.